The van der Waals surface area contributed by atoms with Gasteiger partial charge in [0.1, 0.15) is 0 Å². The molecule has 3 heteroatoms. The van der Waals surface area contributed by atoms with E-state index in [1.807, 2.05) is 0 Å². The average Bonchev–Trinajstić information content (AvgIpc) is 2.70. The van der Waals surface area contributed by atoms with Crippen molar-refractivity contribution in [2.75, 3.05) is 26.3 Å². The number of fused-ring (bicyclic) bond motifs is 1. The lowest BCUT2D eigenvalue weighted by molar-refractivity contribution is 0.0216. The van der Waals surface area contributed by atoms with Crippen LogP contribution in [0.5, 0.6) is 0 Å². The summed E-state index contributed by atoms with van der Waals surface area (Å²) < 4.78 is 5.60. The molecule has 0 aromatic heterocycles. The minimum atomic E-state index is 0.180. The maximum Gasteiger partial charge on any atom is 0.0624 e. The van der Waals surface area contributed by atoms with Gasteiger partial charge in [0.2, 0.25) is 0 Å². The van der Waals surface area contributed by atoms with E-state index >= 15 is 0 Å². The lowest BCUT2D eigenvalue weighted by atomic mass is 9.76. The fourth-order valence-corrected chi connectivity index (χ4v) is 4.28. The molecule has 104 valence electrons. The van der Waals surface area contributed by atoms with E-state index in [-0.39, 0.29) is 11.5 Å². The Morgan fingerprint density at radius 2 is 2.00 bits per heavy atom. The van der Waals surface area contributed by atoms with E-state index in [0.717, 1.165) is 31.7 Å². The van der Waals surface area contributed by atoms with Crippen molar-refractivity contribution in [2.24, 2.45) is 17.1 Å². The molecule has 0 aromatic carbocycles. The molecule has 3 aliphatic rings. The van der Waals surface area contributed by atoms with Gasteiger partial charge in [-0.3, -0.25) is 4.90 Å². The Bertz CT molecular complexity index is 294. The van der Waals surface area contributed by atoms with Crippen LogP contribution in [0.3, 0.4) is 0 Å². The highest BCUT2D eigenvalue weighted by Crippen LogP contribution is 2.38. The molecule has 0 radical (unpaired) electrons. The zero-order chi connectivity index (χ0) is 12.6. The van der Waals surface area contributed by atoms with Gasteiger partial charge in [0.05, 0.1) is 13.2 Å². The van der Waals surface area contributed by atoms with E-state index in [4.69, 9.17) is 10.5 Å². The molecular weight excluding hydrogens is 224 g/mol. The number of ether oxygens (including phenoxy) is 1. The lowest BCUT2D eigenvalue weighted by Crippen LogP contribution is -2.54. The van der Waals surface area contributed by atoms with Gasteiger partial charge < -0.3 is 10.5 Å². The molecule has 18 heavy (non-hydrogen) atoms. The number of hydrogen-bond donors (Lipinski definition) is 1. The van der Waals surface area contributed by atoms with E-state index in [1.165, 1.54) is 45.1 Å². The smallest absolute Gasteiger partial charge is 0.0624 e. The van der Waals surface area contributed by atoms with Gasteiger partial charge in [-0.05, 0) is 38.1 Å². The molecule has 0 bridgehead atoms. The fraction of sp³-hybridized carbons (Fsp3) is 1.00. The molecule has 0 aromatic rings. The van der Waals surface area contributed by atoms with Crippen LogP contribution in [0.25, 0.3) is 0 Å². The predicted octanol–water partition coefficient (Wildman–Crippen LogP) is 2.00. The van der Waals surface area contributed by atoms with Crippen molar-refractivity contribution in [1.29, 1.82) is 0 Å². The number of nitrogens with zero attached hydrogens (tertiary/aromatic N) is 1. The Morgan fingerprint density at radius 3 is 2.78 bits per heavy atom. The minimum absolute atomic E-state index is 0.180. The van der Waals surface area contributed by atoms with Crippen molar-refractivity contribution in [3.05, 3.63) is 0 Å². The molecule has 2 N–H and O–H groups in total. The van der Waals surface area contributed by atoms with Crippen LogP contribution in [0, 0.1) is 11.3 Å². The Morgan fingerprint density at radius 1 is 1.22 bits per heavy atom. The summed E-state index contributed by atoms with van der Waals surface area (Å²) in [6, 6.07) is 1.07. The summed E-state index contributed by atoms with van der Waals surface area (Å²) in [6.45, 7) is 6.34. The average molecular weight is 252 g/mol. The first-order chi connectivity index (χ1) is 8.69. The summed E-state index contributed by atoms with van der Waals surface area (Å²) in [7, 11) is 0. The number of rotatable bonds is 2. The van der Waals surface area contributed by atoms with Crippen molar-refractivity contribution in [3.63, 3.8) is 0 Å². The molecule has 0 spiro atoms. The molecule has 4 atom stereocenters. The first-order valence-electron chi connectivity index (χ1n) is 7.76. The topological polar surface area (TPSA) is 38.5 Å². The standard InChI is InChI=1S/C15H28N2O/c1-15(11-18-9-14(15)16)10-17-8-4-6-12-5-2-3-7-13(12)17/h12-14H,2-11,16H2,1H3. The first-order valence-corrected chi connectivity index (χ1v) is 7.76. The molecule has 2 heterocycles. The van der Waals surface area contributed by atoms with Crippen molar-refractivity contribution in [2.45, 2.75) is 57.5 Å². The van der Waals surface area contributed by atoms with Crippen LogP contribution in [0.15, 0.2) is 0 Å². The van der Waals surface area contributed by atoms with E-state index in [2.05, 4.69) is 11.8 Å². The second-order valence-corrected chi connectivity index (χ2v) is 7.00. The van der Waals surface area contributed by atoms with Crippen LogP contribution in [-0.4, -0.2) is 43.3 Å². The Balaban J connectivity index is 1.67. The third kappa shape index (κ3) is 2.33. The number of likely N-dealkylation sites (tertiary alicyclic amines) is 1. The Kier molecular flexibility index (Phi) is 3.65. The largest absolute Gasteiger partial charge is 0.379 e. The van der Waals surface area contributed by atoms with Crippen molar-refractivity contribution in [1.82, 2.24) is 4.90 Å². The van der Waals surface area contributed by atoms with Crippen molar-refractivity contribution in [3.8, 4) is 0 Å². The minimum Gasteiger partial charge on any atom is -0.379 e. The maximum atomic E-state index is 6.25. The predicted molar refractivity (Wildman–Crippen MR) is 73.5 cm³/mol. The Hall–Kier alpha value is -0.120. The summed E-state index contributed by atoms with van der Waals surface area (Å²) in [6.07, 6.45) is 8.59. The fourth-order valence-electron chi connectivity index (χ4n) is 4.28. The third-order valence-electron chi connectivity index (χ3n) is 5.55. The molecule has 2 aliphatic heterocycles. The van der Waals surface area contributed by atoms with E-state index in [1.54, 1.807) is 0 Å². The highest BCUT2D eigenvalue weighted by molar-refractivity contribution is 4.96. The summed E-state index contributed by atoms with van der Waals surface area (Å²) in [5, 5.41) is 0. The van der Waals surface area contributed by atoms with Crippen LogP contribution < -0.4 is 5.73 Å². The van der Waals surface area contributed by atoms with Gasteiger partial charge in [0.15, 0.2) is 0 Å². The summed E-state index contributed by atoms with van der Waals surface area (Å²) in [4.78, 5) is 2.75. The van der Waals surface area contributed by atoms with Gasteiger partial charge in [-0.25, -0.2) is 0 Å². The van der Waals surface area contributed by atoms with Crippen LogP contribution in [-0.2, 0) is 4.74 Å². The zero-order valence-corrected chi connectivity index (χ0v) is 11.7. The monoisotopic (exact) mass is 252 g/mol. The molecule has 3 nitrogen and oxygen atoms in total. The molecule has 0 amide bonds. The quantitative estimate of drug-likeness (QED) is 0.817. The molecule has 1 saturated carbocycles. The summed E-state index contributed by atoms with van der Waals surface area (Å²) in [5.41, 5.74) is 6.43. The second kappa shape index (κ2) is 5.10. The zero-order valence-electron chi connectivity index (χ0n) is 11.7. The van der Waals surface area contributed by atoms with Gasteiger partial charge in [-0.15, -0.1) is 0 Å². The van der Waals surface area contributed by atoms with Gasteiger partial charge >= 0.3 is 0 Å². The summed E-state index contributed by atoms with van der Waals surface area (Å²) >= 11 is 0. The molecule has 2 saturated heterocycles. The van der Waals surface area contributed by atoms with Crippen LogP contribution >= 0.6 is 0 Å². The second-order valence-electron chi connectivity index (χ2n) is 7.00. The third-order valence-corrected chi connectivity index (χ3v) is 5.55. The van der Waals surface area contributed by atoms with Crippen molar-refractivity contribution < 1.29 is 4.74 Å². The number of nitrogens with two attached hydrogens (primary N) is 1. The highest BCUT2D eigenvalue weighted by atomic mass is 16.5. The first kappa shape index (κ1) is 12.9. The van der Waals surface area contributed by atoms with Crippen LogP contribution in [0.2, 0.25) is 0 Å². The van der Waals surface area contributed by atoms with E-state index in [9.17, 15) is 0 Å². The van der Waals surface area contributed by atoms with Crippen LogP contribution in [0.1, 0.15) is 45.4 Å². The lowest BCUT2D eigenvalue weighted by Gasteiger charge is -2.47. The molecule has 3 rings (SSSR count). The maximum absolute atomic E-state index is 6.25. The van der Waals surface area contributed by atoms with Crippen LogP contribution in [0.4, 0.5) is 0 Å². The molecular formula is C15H28N2O. The van der Waals surface area contributed by atoms with Gasteiger partial charge in [-0.2, -0.15) is 0 Å². The van der Waals surface area contributed by atoms with Gasteiger partial charge in [0.25, 0.3) is 0 Å². The van der Waals surface area contributed by atoms with Gasteiger partial charge in [0, 0.05) is 24.0 Å². The SMILES string of the molecule is CC1(CN2CCCC3CCCCC32)COCC1N. The van der Waals surface area contributed by atoms with E-state index < -0.39 is 0 Å². The highest BCUT2D eigenvalue weighted by Gasteiger charge is 2.42. The molecule has 1 aliphatic carbocycles. The number of hydrogen-bond acceptors (Lipinski definition) is 3. The summed E-state index contributed by atoms with van der Waals surface area (Å²) in [5.74, 6) is 0.967. The number of piperidine rings is 1. The van der Waals surface area contributed by atoms with Crippen molar-refractivity contribution >= 4 is 0 Å². The molecule has 3 fully saturated rings. The Labute approximate surface area is 111 Å². The molecule has 4 unspecified atom stereocenters. The normalized spacial score (nSPS) is 46.0. The van der Waals surface area contributed by atoms with E-state index in [0.29, 0.717) is 0 Å². The van der Waals surface area contributed by atoms with Gasteiger partial charge in [-0.1, -0.05) is 19.8 Å².